The van der Waals surface area contributed by atoms with E-state index < -0.39 is 11.2 Å². The van der Waals surface area contributed by atoms with Crippen molar-refractivity contribution in [3.63, 3.8) is 0 Å². The highest BCUT2D eigenvalue weighted by molar-refractivity contribution is 8.03. The van der Waals surface area contributed by atoms with Crippen LogP contribution in [-0.2, 0) is 4.74 Å². The Labute approximate surface area is 259 Å². The fourth-order valence-electron chi connectivity index (χ4n) is 4.66. The number of hydrogen-bond donors (Lipinski definition) is 3. The van der Waals surface area contributed by atoms with Crippen LogP contribution in [-0.4, -0.2) is 53.1 Å². The number of hydrogen-bond acceptors (Lipinski definition) is 10. The first-order valence-corrected chi connectivity index (χ1v) is 15.8. The summed E-state index contributed by atoms with van der Waals surface area (Å²) >= 11 is 2.60. The Kier molecular flexibility index (Phi) is 9.90. The first kappa shape index (κ1) is 30.5. The van der Waals surface area contributed by atoms with Crippen molar-refractivity contribution < 1.29 is 14.3 Å². The van der Waals surface area contributed by atoms with E-state index in [4.69, 9.17) is 26.9 Å². The maximum atomic E-state index is 13.8. The molecule has 222 valence electrons. The van der Waals surface area contributed by atoms with Crippen LogP contribution in [0.3, 0.4) is 0 Å². The molecule has 0 saturated carbocycles. The summed E-state index contributed by atoms with van der Waals surface area (Å²) in [6.07, 6.45) is 1.25. The minimum atomic E-state index is -1.47. The van der Waals surface area contributed by atoms with Gasteiger partial charge >= 0.3 is 5.97 Å². The van der Waals surface area contributed by atoms with Crippen LogP contribution in [0, 0.1) is 0 Å². The van der Waals surface area contributed by atoms with Gasteiger partial charge in [0.1, 0.15) is 0 Å². The van der Waals surface area contributed by atoms with Crippen LogP contribution in [0.15, 0.2) is 95.7 Å². The quantitative estimate of drug-likeness (QED) is 0.150. The predicted molar refractivity (Wildman–Crippen MR) is 174 cm³/mol. The van der Waals surface area contributed by atoms with Crippen LogP contribution >= 0.6 is 23.1 Å². The van der Waals surface area contributed by atoms with E-state index in [9.17, 15) is 9.59 Å². The van der Waals surface area contributed by atoms with Crippen molar-refractivity contribution in [3.05, 3.63) is 112 Å². The van der Waals surface area contributed by atoms with E-state index in [-0.39, 0.29) is 11.5 Å². The van der Waals surface area contributed by atoms with Crippen molar-refractivity contribution >= 4 is 45.8 Å². The van der Waals surface area contributed by atoms with Crippen LogP contribution in [0.25, 0.3) is 17.0 Å². The van der Waals surface area contributed by atoms with Crippen molar-refractivity contribution in [1.82, 2.24) is 9.88 Å². The molecule has 4 aromatic rings. The summed E-state index contributed by atoms with van der Waals surface area (Å²) in [4.78, 5) is 35.5. The largest absolute Gasteiger partial charge is 0.411 e. The van der Waals surface area contributed by atoms with Crippen LogP contribution in [0.2, 0.25) is 0 Å². The molecular formula is C32H34N6O3S2. The van der Waals surface area contributed by atoms with Gasteiger partial charge in [0, 0.05) is 35.0 Å². The molecule has 0 bridgehead atoms. The zero-order valence-corrected chi connectivity index (χ0v) is 25.2. The van der Waals surface area contributed by atoms with E-state index in [2.05, 4.69) is 0 Å². The summed E-state index contributed by atoms with van der Waals surface area (Å²) < 4.78 is 5.93. The van der Waals surface area contributed by atoms with Gasteiger partial charge in [-0.15, -0.1) is 11.3 Å². The number of nitrogens with two attached hydrogens (primary N) is 3. The zero-order valence-electron chi connectivity index (χ0n) is 23.6. The number of thioether (sulfide) groups is 1. The van der Waals surface area contributed by atoms with E-state index in [1.807, 2.05) is 76.4 Å². The molecule has 43 heavy (non-hydrogen) atoms. The predicted octanol–water partition coefficient (Wildman–Crippen LogP) is 4.93. The number of carbonyl (C=O) groups excluding carboxylic acids is 2. The lowest BCUT2D eigenvalue weighted by molar-refractivity contribution is -0.0262. The van der Waals surface area contributed by atoms with Crippen molar-refractivity contribution in [2.75, 3.05) is 31.1 Å². The molecule has 0 fully saturated rings. The number of ether oxygens (including phenoxy) is 1. The molecule has 6 N–H and O–H groups in total. The first-order valence-electron chi connectivity index (χ1n) is 14.0. The number of benzene rings is 3. The number of amides is 1. The van der Waals surface area contributed by atoms with E-state index in [0.29, 0.717) is 49.7 Å². The molecule has 1 aliphatic rings. The molecular weight excluding hydrogens is 581 g/mol. The summed E-state index contributed by atoms with van der Waals surface area (Å²) in [7, 11) is 0. The second-order valence-corrected chi connectivity index (χ2v) is 11.8. The standard InChI is InChI=1S/C32H34N6O3S2/c33-16-8-18-37(31-36-27(21-42-31)23-10-3-1-4-11-23)29(39)25-14-7-15-26(20-25)30(40)41-32(35)38(19-9-17-34)28(22-43-32)24-12-5-2-6-13-24/h1-7,10-15,20-22H,8-9,16-19,33-35H2. The molecule has 1 aliphatic heterocycles. The third-order valence-corrected chi connectivity index (χ3v) is 8.72. The molecule has 5 rings (SSSR count). The molecule has 3 aromatic carbocycles. The maximum Gasteiger partial charge on any atom is 0.341 e. The van der Waals surface area contributed by atoms with Gasteiger partial charge in [0.2, 0.25) is 0 Å². The first-order chi connectivity index (χ1) is 20.9. The van der Waals surface area contributed by atoms with E-state index in [0.717, 1.165) is 22.5 Å². The molecule has 1 aromatic heterocycles. The number of rotatable bonds is 12. The fourth-order valence-corrected chi connectivity index (χ4v) is 6.51. The Balaban J connectivity index is 1.36. The van der Waals surface area contributed by atoms with Crippen LogP contribution in [0.1, 0.15) is 39.1 Å². The van der Waals surface area contributed by atoms with Crippen molar-refractivity contribution in [3.8, 4) is 11.3 Å². The normalized spacial score (nSPS) is 16.2. The number of esters is 1. The van der Waals surface area contributed by atoms with Crippen molar-refractivity contribution in [2.24, 2.45) is 17.2 Å². The van der Waals surface area contributed by atoms with Crippen LogP contribution in [0.5, 0.6) is 0 Å². The molecule has 1 unspecified atom stereocenters. The Bertz CT molecular complexity index is 1580. The number of anilines is 1. The van der Waals surface area contributed by atoms with Crippen molar-refractivity contribution in [1.29, 1.82) is 0 Å². The average Bonchev–Trinajstić information content (AvgIpc) is 3.66. The van der Waals surface area contributed by atoms with Gasteiger partial charge in [-0.3, -0.25) is 15.4 Å². The Hall–Kier alpha value is -4.00. The smallest absolute Gasteiger partial charge is 0.341 e. The minimum Gasteiger partial charge on any atom is -0.411 e. The SMILES string of the molecule is NCCCN(C(=O)c1cccc(C(=O)OC2(N)SC=C(c3ccccc3)N2CCCN)c1)c1nc(-c2ccccc2)cs1. The Morgan fingerprint density at radius 2 is 1.56 bits per heavy atom. The van der Waals surface area contributed by atoms with Gasteiger partial charge in [-0.25, -0.2) is 9.78 Å². The van der Waals surface area contributed by atoms with E-state index in [1.54, 1.807) is 23.1 Å². The van der Waals surface area contributed by atoms with Gasteiger partial charge in [-0.05, 0) is 61.5 Å². The van der Waals surface area contributed by atoms with Gasteiger partial charge in [0.05, 0.1) is 17.0 Å². The molecule has 1 atom stereocenters. The van der Waals surface area contributed by atoms with Gasteiger partial charge in [0.25, 0.3) is 11.1 Å². The second kappa shape index (κ2) is 14.0. The van der Waals surface area contributed by atoms with E-state index >= 15 is 0 Å². The van der Waals surface area contributed by atoms with Gasteiger partial charge in [-0.2, -0.15) is 0 Å². The lowest BCUT2D eigenvalue weighted by atomic mass is 10.1. The van der Waals surface area contributed by atoms with Gasteiger partial charge in [-0.1, -0.05) is 66.7 Å². The molecule has 11 heteroatoms. The van der Waals surface area contributed by atoms with Crippen LogP contribution < -0.4 is 22.1 Å². The highest BCUT2D eigenvalue weighted by atomic mass is 32.2. The summed E-state index contributed by atoms with van der Waals surface area (Å²) in [5.74, 6) is -0.924. The summed E-state index contributed by atoms with van der Waals surface area (Å²) in [5.41, 5.74) is 22.4. The van der Waals surface area contributed by atoms with Gasteiger partial charge in [0.15, 0.2) is 5.13 Å². The number of carbonyl (C=O) groups is 2. The zero-order chi connectivity index (χ0) is 30.2. The topological polar surface area (TPSA) is 141 Å². The Morgan fingerprint density at radius 1 is 0.884 bits per heavy atom. The number of nitrogens with zero attached hydrogens (tertiary/aromatic N) is 3. The highest BCUT2D eigenvalue weighted by Crippen LogP contribution is 2.42. The lowest BCUT2D eigenvalue weighted by Crippen LogP contribution is -2.53. The second-order valence-electron chi connectivity index (χ2n) is 9.86. The van der Waals surface area contributed by atoms with E-state index in [1.165, 1.54) is 29.2 Å². The average molecular weight is 615 g/mol. The maximum absolute atomic E-state index is 13.8. The molecule has 2 heterocycles. The number of aromatic nitrogens is 1. The molecule has 9 nitrogen and oxygen atoms in total. The molecule has 0 aliphatic carbocycles. The summed E-state index contributed by atoms with van der Waals surface area (Å²) in [5, 5.41) is 2.91. The monoisotopic (exact) mass is 614 g/mol. The Morgan fingerprint density at radius 3 is 2.26 bits per heavy atom. The summed E-state index contributed by atoms with van der Waals surface area (Å²) in [6.45, 7) is 1.77. The highest BCUT2D eigenvalue weighted by Gasteiger charge is 2.43. The van der Waals surface area contributed by atoms with Gasteiger partial charge < -0.3 is 21.1 Å². The van der Waals surface area contributed by atoms with Crippen molar-refractivity contribution in [2.45, 2.75) is 18.0 Å². The third-order valence-electron chi connectivity index (χ3n) is 6.87. The third kappa shape index (κ3) is 6.98. The lowest BCUT2D eigenvalue weighted by Gasteiger charge is -2.36. The molecule has 0 saturated heterocycles. The molecule has 0 radical (unpaired) electrons. The molecule has 1 amide bonds. The minimum absolute atomic E-state index is 0.214. The molecule has 0 spiro atoms. The summed E-state index contributed by atoms with van der Waals surface area (Å²) in [6, 6.07) is 26.0. The number of thiazole rings is 1. The fraction of sp³-hybridized carbons (Fsp3) is 0.219. The van der Waals surface area contributed by atoms with Crippen LogP contribution in [0.4, 0.5) is 5.13 Å².